The molecule has 0 radical (unpaired) electrons. The maximum absolute atomic E-state index is 11.6. The van der Waals surface area contributed by atoms with E-state index in [4.69, 9.17) is 5.11 Å². The van der Waals surface area contributed by atoms with Crippen molar-refractivity contribution in [1.82, 2.24) is 16.0 Å². The average Bonchev–Trinajstić information content (AvgIpc) is 2.45. The average molecular weight is 285 g/mol. The van der Waals surface area contributed by atoms with E-state index in [1.807, 2.05) is 6.92 Å². The van der Waals surface area contributed by atoms with Gasteiger partial charge in [-0.05, 0) is 18.8 Å². The molecule has 116 valence electrons. The van der Waals surface area contributed by atoms with Crippen LogP contribution in [0.15, 0.2) is 0 Å². The minimum absolute atomic E-state index is 0.0570. The fraction of sp³-hybridized carbons (Fsp3) is 0.857. The number of nitrogens with one attached hydrogen (secondary N) is 3. The van der Waals surface area contributed by atoms with Gasteiger partial charge in [-0.15, -0.1) is 0 Å². The molecule has 1 rings (SSSR count). The van der Waals surface area contributed by atoms with E-state index < -0.39 is 0 Å². The molecule has 0 aromatic heterocycles. The Morgan fingerprint density at radius 2 is 1.90 bits per heavy atom. The van der Waals surface area contributed by atoms with Crippen LogP contribution in [-0.4, -0.2) is 42.8 Å². The summed E-state index contributed by atoms with van der Waals surface area (Å²) in [4.78, 5) is 23.1. The molecule has 1 atom stereocenters. The summed E-state index contributed by atoms with van der Waals surface area (Å²) in [6.45, 7) is 2.71. The number of carbonyl (C=O) groups is 2. The molecule has 1 saturated carbocycles. The first-order chi connectivity index (χ1) is 9.61. The van der Waals surface area contributed by atoms with Gasteiger partial charge in [-0.25, -0.2) is 4.79 Å². The molecule has 0 spiro atoms. The number of hydrogen-bond donors (Lipinski definition) is 4. The van der Waals surface area contributed by atoms with Gasteiger partial charge in [-0.2, -0.15) is 0 Å². The maximum atomic E-state index is 11.6. The molecule has 6 heteroatoms. The second kappa shape index (κ2) is 9.58. The summed E-state index contributed by atoms with van der Waals surface area (Å²) < 4.78 is 0. The van der Waals surface area contributed by atoms with Crippen molar-refractivity contribution < 1.29 is 14.7 Å². The number of urea groups is 1. The summed E-state index contributed by atoms with van der Waals surface area (Å²) in [7, 11) is 0. The normalized spacial score (nSPS) is 17.3. The third-order valence-corrected chi connectivity index (χ3v) is 3.54. The molecule has 1 fully saturated rings. The molecule has 0 saturated heterocycles. The summed E-state index contributed by atoms with van der Waals surface area (Å²) in [6, 6.07) is 0.0939. The van der Waals surface area contributed by atoms with Crippen LogP contribution in [0.5, 0.6) is 0 Å². The van der Waals surface area contributed by atoms with Gasteiger partial charge in [0.25, 0.3) is 0 Å². The summed E-state index contributed by atoms with van der Waals surface area (Å²) in [5.41, 5.74) is 0. The molecule has 0 aromatic rings. The highest BCUT2D eigenvalue weighted by atomic mass is 16.3. The molecule has 0 bridgehead atoms. The Balaban J connectivity index is 2.04. The van der Waals surface area contributed by atoms with Crippen LogP contribution in [0.3, 0.4) is 0 Å². The first-order valence-corrected chi connectivity index (χ1v) is 7.53. The van der Waals surface area contributed by atoms with E-state index in [0.717, 1.165) is 12.8 Å². The number of aliphatic hydroxyl groups is 1. The van der Waals surface area contributed by atoms with E-state index in [2.05, 4.69) is 16.0 Å². The van der Waals surface area contributed by atoms with Gasteiger partial charge in [0.1, 0.15) is 0 Å². The van der Waals surface area contributed by atoms with Gasteiger partial charge in [0.15, 0.2) is 0 Å². The van der Waals surface area contributed by atoms with Gasteiger partial charge in [0, 0.05) is 32.2 Å². The van der Waals surface area contributed by atoms with Crippen LogP contribution < -0.4 is 16.0 Å². The lowest BCUT2D eigenvalue weighted by Gasteiger charge is -2.22. The molecule has 0 heterocycles. The van der Waals surface area contributed by atoms with E-state index in [1.165, 1.54) is 19.3 Å². The monoisotopic (exact) mass is 285 g/mol. The Bertz CT molecular complexity index is 304. The molecule has 0 aliphatic heterocycles. The number of aliphatic hydroxyl groups excluding tert-OH is 1. The lowest BCUT2D eigenvalue weighted by molar-refractivity contribution is -0.121. The summed E-state index contributed by atoms with van der Waals surface area (Å²) in [5, 5.41) is 17.2. The first kappa shape index (κ1) is 16.8. The van der Waals surface area contributed by atoms with Gasteiger partial charge < -0.3 is 21.1 Å². The van der Waals surface area contributed by atoms with Crippen LogP contribution in [0.2, 0.25) is 0 Å². The molecule has 20 heavy (non-hydrogen) atoms. The molecular weight excluding hydrogens is 258 g/mol. The van der Waals surface area contributed by atoms with Crippen molar-refractivity contribution in [3.63, 3.8) is 0 Å². The minimum Gasteiger partial charge on any atom is -0.396 e. The van der Waals surface area contributed by atoms with Crippen molar-refractivity contribution in [2.24, 2.45) is 5.92 Å². The molecule has 6 nitrogen and oxygen atoms in total. The van der Waals surface area contributed by atoms with Crippen LogP contribution in [0.4, 0.5) is 4.79 Å². The summed E-state index contributed by atoms with van der Waals surface area (Å²) >= 11 is 0. The molecule has 0 unspecified atom stereocenters. The third-order valence-electron chi connectivity index (χ3n) is 3.54. The Kier molecular flexibility index (Phi) is 8.02. The van der Waals surface area contributed by atoms with Crippen LogP contribution in [0.25, 0.3) is 0 Å². The summed E-state index contributed by atoms with van der Waals surface area (Å²) in [5.74, 6) is -0.0511. The smallest absolute Gasteiger partial charge is 0.315 e. The SMILES string of the molecule is C[C@H](CO)CNC(=O)CCNC(=O)NC1CCCCC1. The minimum atomic E-state index is -0.187. The quantitative estimate of drug-likeness (QED) is 0.556. The zero-order valence-corrected chi connectivity index (χ0v) is 12.3. The molecule has 0 aromatic carbocycles. The first-order valence-electron chi connectivity index (χ1n) is 7.53. The van der Waals surface area contributed by atoms with E-state index in [-0.39, 0.29) is 36.9 Å². The molecule has 1 aliphatic carbocycles. The largest absolute Gasteiger partial charge is 0.396 e. The predicted octanol–water partition coefficient (Wildman–Crippen LogP) is 0.753. The van der Waals surface area contributed by atoms with Crippen molar-refractivity contribution in [1.29, 1.82) is 0 Å². The highest BCUT2D eigenvalue weighted by Gasteiger charge is 2.15. The number of hydrogen-bond acceptors (Lipinski definition) is 3. The highest BCUT2D eigenvalue weighted by molar-refractivity contribution is 5.78. The van der Waals surface area contributed by atoms with E-state index >= 15 is 0 Å². The molecule has 1 aliphatic rings. The van der Waals surface area contributed by atoms with Crippen molar-refractivity contribution >= 4 is 11.9 Å². The fourth-order valence-corrected chi connectivity index (χ4v) is 2.21. The van der Waals surface area contributed by atoms with E-state index in [0.29, 0.717) is 13.1 Å². The Morgan fingerprint density at radius 3 is 2.55 bits per heavy atom. The van der Waals surface area contributed by atoms with E-state index in [1.54, 1.807) is 0 Å². The second-order valence-electron chi connectivity index (χ2n) is 5.58. The standard InChI is InChI=1S/C14H27N3O3/c1-11(10-18)9-16-13(19)7-8-15-14(20)17-12-5-3-2-4-6-12/h11-12,18H,2-10H2,1H3,(H,16,19)(H2,15,17,20)/t11-/m0/s1. The van der Waals surface area contributed by atoms with Gasteiger partial charge in [-0.1, -0.05) is 26.2 Å². The Hall–Kier alpha value is -1.30. The lowest BCUT2D eigenvalue weighted by Crippen LogP contribution is -2.44. The van der Waals surface area contributed by atoms with Crippen molar-refractivity contribution in [3.05, 3.63) is 0 Å². The zero-order valence-electron chi connectivity index (χ0n) is 12.3. The lowest BCUT2D eigenvalue weighted by atomic mass is 9.96. The summed E-state index contributed by atoms with van der Waals surface area (Å²) in [6.07, 6.45) is 5.97. The van der Waals surface area contributed by atoms with Gasteiger partial charge >= 0.3 is 6.03 Å². The third kappa shape index (κ3) is 7.33. The van der Waals surface area contributed by atoms with E-state index in [9.17, 15) is 9.59 Å². The number of rotatable bonds is 7. The van der Waals surface area contributed by atoms with Gasteiger partial charge in [-0.3, -0.25) is 4.79 Å². The molecular formula is C14H27N3O3. The van der Waals surface area contributed by atoms with Crippen LogP contribution >= 0.6 is 0 Å². The van der Waals surface area contributed by atoms with Crippen molar-refractivity contribution in [2.45, 2.75) is 51.5 Å². The van der Waals surface area contributed by atoms with Crippen LogP contribution in [0, 0.1) is 5.92 Å². The second-order valence-corrected chi connectivity index (χ2v) is 5.58. The zero-order chi connectivity index (χ0) is 14.8. The Morgan fingerprint density at radius 1 is 1.20 bits per heavy atom. The van der Waals surface area contributed by atoms with Gasteiger partial charge in [0.2, 0.25) is 5.91 Å². The fourth-order valence-electron chi connectivity index (χ4n) is 2.21. The van der Waals surface area contributed by atoms with Gasteiger partial charge in [0.05, 0.1) is 0 Å². The van der Waals surface area contributed by atoms with Crippen molar-refractivity contribution in [2.75, 3.05) is 19.7 Å². The maximum Gasteiger partial charge on any atom is 0.315 e. The topological polar surface area (TPSA) is 90.5 Å². The predicted molar refractivity (Wildman–Crippen MR) is 77.3 cm³/mol. The number of carbonyl (C=O) groups excluding carboxylic acids is 2. The van der Waals surface area contributed by atoms with Crippen molar-refractivity contribution in [3.8, 4) is 0 Å². The van der Waals surface area contributed by atoms with Crippen LogP contribution in [0.1, 0.15) is 45.4 Å². The molecule has 4 N–H and O–H groups in total. The highest BCUT2D eigenvalue weighted by Crippen LogP contribution is 2.16. The number of amides is 3. The Labute approximate surface area is 120 Å². The molecule has 3 amide bonds. The van der Waals surface area contributed by atoms with Crippen LogP contribution in [-0.2, 0) is 4.79 Å².